The van der Waals surface area contributed by atoms with Crippen LogP contribution in [0.25, 0.3) is 10.8 Å². The van der Waals surface area contributed by atoms with Crippen molar-refractivity contribution in [1.29, 1.82) is 0 Å². The van der Waals surface area contributed by atoms with Crippen molar-refractivity contribution in [2.75, 3.05) is 31.9 Å². The monoisotopic (exact) mass is 470 g/mol. The lowest BCUT2D eigenvalue weighted by molar-refractivity contribution is 0.0872. The first-order chi connectivity index (χ1) is 15.3. The lowest BCUT2D eigenvalue weighted by Gasteiger charge is -2.21. The summed E-state index contributed by atoms with van der Waals surface area (Å²) in [7, 11) is 0. The molecule has 1 atom stereocenters. The number of aliphatic hydroxyl groups excluding tert-OH is 1. The molecular formula is C24H27ClN4O2S. The molecule has 3 rings (SSSR count). The largest absolute Gasteiger partial charge is 0.390 e. The van der Waals surface area contributed by atoms with Crippen LogP contribution in [-0.2, 0) is 0 Å². The number of fused-ring (bicyclic) bond motifs is 1. The molecule has 0 aliphatic rings. The molecule has 2 heterocycles. The highest BCUT2D eigenvalue weighted by molar-refractivity contribution is 7.14. The molecule has 1 aromatic carbocycles. The number of carbonyl (C=O) groups is 1. The third kappa shape index (κ3) is 5.78. The fourth-order valence-electron chi connectivity index (χ4n) is 3.36. The summed E-state index contributed by atoms with van der Waals surface area (Å²) in [4.78, 5) is 20.3. The van der Waals surface area contributed by atoms with E-state index in [1.165, 1.54) is 11.3 Å². The Balaban J connectivity index is 1.76. The topological polar surface area (TPSA) is 91.5 Å². The molecule has 8 heteroatoms. The Bertz CT molecular complexity index is 1170. The van der Waals surface area contributed by atoms with Gasteiger partial charge in [0.1, 0.15) is 5.82 Å². The zero-order chi connectivity index (χ0) is 23.3. The molecule has 0 aliphatic carbocycles. The summed E-state index contributed by atoms with van der Waals surface area (Å²) in [5.41, 5.74) is 7.51. The third-order valence-corrected chi connectivity index (χ3v) is 6.57. The number of thiophene rings is 1. The molecule has 4 N–H and O–H groups in total. The van der Waals surface area contributed by atoms with Gasteiger partial charge in [-0.1, -0.05) is 43.4 Å². The number of nitrogen functional groups attached to an aromatic ring is 1. The second-order valence-corrected chi connectivity index (χ2v) is 8.96. The Kier molecular flexibility index (Phi) is 8.10. The number of aryl methyl sites for hydroxylation is 1. The molecule has 0 saturated carbocycles. The lowest BCUT2D eigenvalue weighted by atomic mass is 10.1. The van der Waals surface area contributed by atoms with E-state index in [9.17, 15) is 9.90 Å². The first kappa shape index (κ1) is 24.0. The normalized spacial score (nSPS) is 11.9. The minimum atomic E-state index is -0.618. The number of anilines is 1. The number of aliphatic hydroxyl groups is 1. The van der Waals surface area contributed by atoms with E-state index in [4.69, 9.17) is 17.3 Å². The molecule has 0 radical (unpaired) electrons. The number of aromatic nitrogens is 1. The zero-order valence-electron chi connectivity index (χ0n) is 18.4. The van der Waals surface area contributed by atoms with Gasteiger partial charge in [0.15, 0.2) is 0 Å². The van der Waals surface area contributed by atoms with Crippen molar-refractivity contribution in [1.82, 2.24) is 15.2 Å². The van der Waals surface area contributed by atoms with Gasteiger partial charge in [-0.3, -0.25) is 4.79 Å². The Hall–Kier alpha value is -2.63. The Morgan fingerprint density at radius 1 is 1.31 bits per heavy atom. The SMILES string of the molecule is CCN(CC)CC(O)CNC(=O)c1sc(C#Cc2c(N)ncc3ccc(Cl)cc23)cc1C. The number of halogens is 1. The van der Waals surface area contributed by atoms with Crippen LogP contribution >= 0.6 is 22.9 Å². The van der Waals surface area contributed by atoms with E-state index < -0.39 is 6.10 Å². The molecule has 1 amide bonds. The van der Waals surface area contributed by atoms with Gasteiger partial charge in [-0.2, -0.15) is 0 Å². The average Bonchev–Trinajstić information content (AvgIpc) is 3.15. The highest BCUT2D eigenvalue weighted by atomic mass is 35.5. The van der Waals surface area contributed by atoms with Crippen molar-refractivity contribution in [3.63, 3.8) is 0 Å². The Morgan fingerprint density at radius 2 is 2.06 bits per heavy atom. The lowest BCUT2D eigenvalue weighted by Crippen LogP contribution is -2.40. The van der Waals surface area contributed by atoms with Crippen molar-refractivity contribution in [2.45, 2.75) is 26.9 Å². The fraction of sp³-hybridized carbons (Fsp3) is 0.333. The minimum Gasteiger partial charge on any atom is -0.390 e. The van der Waals surface area contributed by atoms with E-state index in [0.717, 1.165) is 34.3 Å². The minimum absolute atomic E-state index is 0.201. The summed E-state index contributed by atoms with van der Waals surface area (Å²) in [6.07, 6.45) is 1.07. The van der Waals surface area contributed by atoms with Gasteiger partial charge in [0, 0.05) is 35.1 Å². The predicted octanol–water partition coefficient (Wildman–Crippen LogP) is 3.67. The van der Waals surface area contributed by atoms with E-state index >= 15 is 0 Å². The molecular weight excluding hydrogens is 444 g/mol. The molecule has 0 saturated heterocycles. The average molecular weight is 471 g/mol. The summed E-state index contributed by atoms with van der Waals surface area (Å²) in [6, 6.07) is 7.37. The molecule has 168 valence electrons. The maximum atomic E-state index is 12.6. The molecule has 1 unspecified atom stereocenters. The molecule has 3 aromatic rings. The van der Waals surface area contributed by atoms with Crippen LogP contribution in [-0.4, -0.2) is 53.2 Å². The molecule has 6 nitrogen and oxygen atoms in total. The molecule has 0 fully saturated rings. The van der Waals surface area contributed by atoms with Crippen LogP contribution in [0.5, 0.6) is 0 Å². The third-order valence-electron chi connectivity index (χ3n) is 5.18. The Morgan fingerprint density at radius 3 is 2.78 bits per heavy atom. The van der Waals surface area contributed by atoms with Crippen molar-refractivity contribution >= 4 is 45.4 Å². The number of nitrogens with one attached hydrogen (secondary N) is 1. The molecule has 0 bridgehead atoms. The van der Waals surface area contributed by atoms with Crippen LogP contribution in [0.1, 0.15) is 39.5 Å². The number of benzene rings is 1. The van der Waals surface area contributed by atoms with Gasteiger partial charge in [0.25, 0.3) is 5.91 Å². The van der Waals surface area contributed by atoms with E-state index in [0.29, 0.717) is 27.8 Å². The number of amides is 1. The number of pyridine rings is 1. The number of nitrogens with two attached hydrogens (primary N) is 1. The van der Waals surface area contributed by atoms with E-state index in [1.54, 1.807) is 12.3 Å². The molecule has 32 heavy (non-hydrogen) atoms. The predicted molar refractivity (Wildman–Crippen MR) is 132 cm³/mol. The van der Waals surface area contributed by atoms with Gasteiger partial charge in [0.05, 0.1) is 21.4 Å². The number of carbonyl (C=O) groups excluding carboxylic acids is 1. The molecule has 0 spiro atoms. The number of rotatable bonds is 7. The zero-order valence-corrected chi connectivity index (χ0v) is 20.0. The highest BCUT2D eigenvalue weighted by Crippen LogP contribution is 2.26. The van der Waals surface area contributed by atoms with Crippen LogP contribution in [0.15, 0.2) is 30.5 Å². The fourth-order valence-corrected chi connectivity index (χ4v) is 4.47. The van der Waals surface area contributed by atoms with Crippen LogP contribution in [0.3, 0.4) is 0 Å². The van der Waals surface area contributed by atoms with Gasteiger partial charge in [-0.05, 0) is 43.8 Å². The van der Waals surface area contributed by atoms with Gasteiger partial charge in [-0.25, -0.2) is 4.98 Å². The standard InChI is InChI=1S/C24H27ClN4O2S/c1-4-29(5-2)14-18(30)13-28-24(31)22-15(3)10-19(32-22)8-9-20-21-11-17(25)7-6-16(21)12-27-23(20)26/h6-7,10-12,18,30H,4-5,13-14H2,1-3H3,(H2,26,27)(H,28,31). The highest BCUT2D eigenvalue weighted by Gasteiger charge is 2.16. The maximum Gasteiger partial charge on any atom is 0.261 e. The van der Waals surface area contributed by atoms with E-state index in [1.807, 2.05) is 39.0 Å². The molecule has 0 aliphatic heterocycles. The summed E-state index contributed by atoms with van der Waals surface area (Å²) < 4.78 is 0. The van der Waals surface area contributed by atoms with Crippen molar-refractivity contribution in [3.05, 3.63) is 56.4 Å². The quantitative estimate of drug-likeness (QED) is 0.458. The number of hydrogen-bond donors (Lipinski definition) is 3. The second kappa shape index (κ2) is 10.8. The first-order valence-electron chi connectivity index (χ1n) is 10.5. The first-order valence-corrected chi connectivity index (χ1v) is 11.7. The number of likely N-dealkylation sites (N-methyl/N-ethyl adjacent to an activating group) is 1. The summed E-state index contributed by atoms with van der Waals surface area (Å²) in [5, 5.41) is 15.4. The van der Waals surface area contributed by atoms with Crippen LogP contribution in [0, 0.1) is 18.8 Å². The van der Waals surface area contributed by atoms with Gasteiger partial charge < -0.3 is 21.1 Å². The van der Waals surface area contributed by atoms with Crippen LogP contribution in [0.2, 0.25) is 5.02 Å². The van der Waals surface area contributed by atoms with Gasteiger partial charge >= 0.3 is 0 Å². The van der Waals surface area contributed by atoms with Gasteiger partial charge in [0.2, 0.25) is 0 Å². The van der Waals surface area contributed by atoms with E-state index in [-0.39, 0.29) is 12.5 Å². The van der Waals surface area contributed by atoms with Crippen LogP contribution in [0.4, 0.5) is 5.82 Å². The molecule has 2 aromatic heterocycles. The van der Waals surface area contributed by atoms with Crippen molar-refractivity contribution in [2.24, 2.45) is 0 Å². The summed E-state index contributed by atoms with van der Waals surface area (Å²) in [5.74, 6) is 6.33. The summed E-state index contributed by atoms with van der Waals surface area (Å²) >= 11 is 7.45. The van der Waals surface area contributed by atoms with Crippen LogP contribution < -0.4 is 11.1 Å². The Labute approximate surface area is 197 Å². The van der Waals surface area contributed by atoms with E-state index in [2.05, 4.69) is 27.0 Å². The summed E-state index contributed by atoms with van der Waals surface area (Å²) in [6.45, 7) is 8.40. The van der Waals surface area contributed by atoms with Crippen molar-refractivity contribution < 1.29 is 9.90 Å². The number of hydrogen-bond acceptors (Lipinski definition) is 6. The number of nitrogens with zero attached hydrogens (tertiary/aromatic N) is 2. The van der Waals surface area contributed by atoms with Gasteiger partial charge in [-0.15, -0.1) is 11.3 Å². The smallest absolute Gasteiger partial charge is 0.261 e. The maximum absolute atomic E-state index is 12.6. The van der Waals surface area contributed by atoms with Crippen molar-refractivity contribution in [3.8, 4) is 11.8 Å². The second-order valence-electron chi connectivity index (χ2n) is 7.47.